The molecule has 1 spiro atoms. The standard InChI is InChI=1S/C27H37FN4O3/c1-6-32-14-11-18(17-26(32,3)4)24-29-22-21-19(28)9-8-10-20(21)35-27(23(22)30(24)5)12-15-31(16-13-27)25(33)34-7-2/h8-10,18H,6-7,11-17H2,1-5H3/t18-/m1/s1. The second-order valence-electron chi connectivity index (χ2n) is 10.7. The minimum Gasteiger partial charge on any atom is -0.480 e. The minimum atomic E-state index is -0.654. The second kappa shape index (κ2) is 8.80. The van der Waals surface area contributed by atoms with E-state index in [0.717, 1.165) is 37.4 Å². The lowest BCUT2D eigenvalue weighted by atomic mass is 9.82. The molecule has 3 aliphatic rings. The molecule has 0 N–H and O–H groups in total. The van der Waals surface area contributed by atoms with Crippen LogP contribution in [0.25, 0.3) is 11.3 Å². The quantitative estimate of drug-likeness (QED) is 0.611. The van der Waals surface area contributed by atoms with Crippen LogP contribution in [0.2, 0.25) is 0 Å². The van der Waals surface area contributed by atoms with Crippen LogP contribution < -0.4 is 4.74 Å². The first-order valence-corrected chi connectivity index (χ1v) is 12.9. The van der Waals surface area contributed by atoms with E-state index in [1.54, 1.807) is 11.0 Å². The maximum absolute atomic E-state index is 15.2. The van der Waals surface area contributed by atoms with E-state index >= 15 is 4.39 Å². The molecule has 1 aromatic heterocycles. The SMILES string of the molecule is CCOC(=O)N1CCC2(CC1)Oc1cccc(F)c1-c1nc([C@@H]3CCN(CC)C(C)(C)C3)n(C)c12. The number of hydrogen-bond acceptors (Lipinski definition) is 5. The molecule has 0 aliphatic carbocycles. The Labute approximate surface area is 207 Å². The van der Waals surface area contributed by atoms with Crippen molar-refractivity contribution in [2.24, 2.45) is 7.05 Å². The zero-order valence-corrected chi connectivity index (χ0v) is 21.6. The lowest BCUT2D eigenvalue weighted by Gasteiger charge is -2.45. The van der Waals surface area contributed by atoms with E-state index in [4.69, 9.17) is 14.5 Å². The van der Waals surface area contributed by atoms with E-state index in [2.05, 4.69) is 37.3 Å². The molecule has 2 saturated heterocycles. The Morgan fingerprint density at radius 3 is 2.63 bits per heavy atom. The fourth-order valence-electron chi connectivity index (χ4n) is 6.51. The zero-order chi connectivity index (χ0) is 25.0. The molecular formula is C27H37FN4O3. The second-order valence-corrected chi connectivity index (χ2v) is 10.7. The first kappa shape index (κ1) is 24.1. The maximum Gasteiger partial charge on any atom is 0.409 e. The van der Waals surface area contributed by atoms with Crippen molar-refractivity contribution in [2.45, 2.75) is 70.4 Å². The van der Waals surface area contributed by atoms with Crippen LogP contribution in [0.5, 0.6) is 5.75 Å². The molecule has 4 heterocycles. The van der Waals surface area contributed by atoms with Gasteiger partial charge in [-0.05, 0) is 58.8 Å². The van der Waals surface area contributed by atoms with Crippen molar-refractivity contribution in [2.75, 3.05) is 32.8 Å². The number of benzene rings is 1. The van der Waals surface area contributed by atoms with Crippen LogP contribution in [0.4, 0.5) is 9.18 Å². The third-order valence-corrected chi connectivity index (χ3v) is 8.27. The smallest absolute Gasteiger partial charge is 0.409 e. The van der Waals surface area contributed by atoms with Crippen molar-refractivity contribution in [3.05, 3.63) is 35.5 Å². The van der Waals surface area contributed by atoms with E-state index in [1.165, 1.54) is 6.07 Å². The van der Waals surface area contributed by atoms with E-state index in [1.807, 2.05) is 13.0 Å². The molecule has 5 rings (SSSR count). The molecule has 1 atom stereocenters. The summed E-state index contributed by atoms with van der Waals surface area (Å²) in [6.45, 7) is 12.1. The van der Waals surface area contributed by atoms with Crippen LogP contribution in [0.15, 0.2) is 18.2 Å². The van der Waals surface area contributed by atoms with Crippen LogP contribution in [-0.4, -0.2) is 63.8 Å². The molecule has 3 aliphatic heterocycles. The molecule has 1 amide bonds. The van der Waals surface area contributed by atoms with Gasteiger partial charge in [-0.3, -0.25) is 4.90 Å². The molecule has 35 heavy (non-hydrogen) atoms. The van der Waals surface area contributed by atoms with Crippen molar-refractivity contribution < 1.29 is 18.7 Å². The van der Waals surface area contributed by atoms with Crippen molar-refractivity contribution in [3.8, 4) is 17.0 Å². The Balaban J connectivity index is 1.56. The number of piperidine rings is 2. The Morgan fingerprint density at radius 1 is 1.23 bits per heavy atom. The molecule has 7 nitrogen and oxygen atoms in total. The normalized spacial score (nSPS) is 22.9. The van der Waals surface area contributed by atoms with Crippen LogP contribution in [0.3, 0.4) is 0 Å². The Hall–Kier alpha value is -2.61. The van der Waals surface area contributed by atoms with E-state index in [0.29, 0.717) is 49.5 Å². The summed E-state index contributed by atoms with van der Waals surface area (Å²) in [6, 6.07) is 5.00. The number of halogens is 1. The third-order valence-electron chi connectivity index (χ3n) is 8.27. The van der Waals surface area contributed by atoms with Crippen molar-refractivity contribution >= 4 is 6.09 Å². The monoisotopic (exact) mass is 484 g/mol. The van der Waals surface area contributed by atoms with Gasteiger partial charge in [0.15, 0.2) is 5.60 Å². The number of nitrogens with zero attached hydrogens (tertiary/aromatic N) is 4. The molecule has 2 aromatic rings. The number of ether oxygens (including phenoxy) is 2. The molecule has 0 radical (unpaired) electrons. The number of fused-ring (bicyclic) bond motifs is 4. The van der Waals surface area contributed by atoms with E-state index < -0.39 is 5.60 Å². The summed E-state index contributed by atoms with van der Waals surface area (Å²) < 4.78 is 29.2. The lowest BCUT2D eigenvalue weighted by molar-refractivity contribution is -0.0105. The van der Waals surface area contributed by atoms with Crippen molar-refractivity contribution in [1.82, 2.24) is 19.4 Å². The molecule has 190 valence electrons. The number of imidazole rings is 1. The van der Waals surface area contributed by atoms with Gasteiger partial charge >= 0.3 is 6.09 Å². The average molecular weight is 485 g/mol. The lowest BCUT2D eigenvalue weighted by Crippen LogP contribution is -2.50. The molecule has 0 bridgehead atoms. The highest BCUT2D eigenvalue weighted by Gasteiger charge is 2.49. The van der Waals surface area contributed by atoms with Gasteiger partial charge in [0.1, 0.15) is 23.1 Å². The number of carbonyl (C=O) groups excluding carboxylic acids is 1. The Kier molecular flexibility index (Phi) is 6.06. The summed E-state index contributed by atoms with van der Waals surface area (Å²) in [4.78, 5) is 21.7. The molecular weight excluding hydrogens is 447 g/mol. The molecule has 8 heteroatoms. The average Bonchev–Trinajstić information content (AvgIpc) is 3.17. The van der Waals surface area contributed by atoms with Gasteiger partial charge in [0, 0.05) is 44.4 Å². The summed E-state index contributed by atoms with van der Waals surface area (Å²) in [5.41, 5.74) is 1.50. The maximum atomic E-state index is 15.2. The van der Waals surface area contributed by atoms with Crippen LogP contribution in [0.1, 0.15) is 70.8 Å². The van der Waals surface area contributed by atoms with Gasteiger partial charge in [-0.2, -0.15) is 0 Å². The Bertz CT molecular complexity index is 1120. The topological polar surface area (TPSA) is 59.8 Å². The molecule has 0 unspecified atom stereocenters. The van der Waals surface area contributed by atoms with Crippen LogP contribution in [0, 0.1) is 5.82 Å². The number of hydrogen-bond donors (Lipinski definition) is 0. The number of amides is 1. The third kappa shape index (κ3) is 3.90. The highest BCUT2D eigenvalue weighted by Crippen LogP contribution is 2.51. The highest BCUT2D eigenvalue weighted by atomic mass is 19.1. The fourth-order valence-corrected chi connectivity index (χ4v) is 6.51. The largest absolute Gasteiger partial charge is 0.480 e. The van der Waals surface area contributed by atoms with E-state index in [-0.39, 0.29) is 23.4 Å². The first-order chi connectivity index (χ1) is 16.7. The van der Waals surface area contributed by atoms with E-state index in [9.17, 15) is 4.79 Å². The molecule has 0 saturated carbocycles. The van der Waals surface area contributed by atoms with Crippen molar-refractivity contribution in [3.63, 3.8) is 0 Å². The van der Waals surface area contributed by atoms with Gasteiger partial charge in [0.2, 0.25) is 0 Å². The summed E-state index contributed by atoms with van der Waals surface area (Å²) in [5.74, 6) is 1.52. The van der Waals surface area contributed by atoms with Gasteiger partial charge in [0.25, 0.3) is 0 Å². The van der Waals surface area contributed by atoms with Crippen molar-refractivity contribution in [1.29, 1.82) is 0 Å². The summed E-state index contributed by atoms with van der Waals surface area (Å²) in [7, 11) is 2.05. The van der Waals surface area contributed by atoms with Crippen LogP contribution in [-0.2, 0) is 17.4 Å². The van der Waals surface area contributed by atoms with Gasteiger partial charge in [0.05, 0.1) is 17.9 Å². The molecule has 1 aromatic carbocycles. The van der Waals surface area contributed by atoms with Gasteiger partial charge in [-0.15, -0.1) is 0 Å². The summed E-state index contributed by atoms with van der Waals surface area (Å²) in [5, 5.41) is 0. The van der Waals surface area contributed by atoms with Crippen LogP contribution >= 0.6 is 0 Å². The predicted molar refractivity (Wildman–Crippen MR) is 132 cm³/mol. The number of likely N-dealkylation sites (tertiary alicyclic amines) is 2. The first-order valence-electron chi connectivity index (χ1n) is 12.9. The highest BCUT2D eigenvalue weighted by molar-refractivity contribution is 5.74. The van der Waals surface area contributed by atoms with Gasteiger partial charge < -0.3 is 18.9 Å². The Morgan fingerprint density at radius 2 is 1.97 bits per heavy atom. The molecule has 2 fully saturated rings. The minimum absolute atomic E-state index is 0.0758. The predicted octanol–water partition coefficient (Wildman–Crippen LogP) is 5.04. The number of aromatic nitrogens is 2. The van der Waals surface area contributed by atoms with Gasteiger partial charge in [-0.1, -0.05) is 13.0 Å². The number of carbonyl (C=O) groups is 1. The summed E-state index contributed by atoms with van der Waals surface area (Å²) in [6.07, 6.45) is 2.94. The van der Waals surface area contributed by atoms with Gasteiger partial charge in [-0.25, -0.2) is 14.2 Å². The number of rotatable bonds is 3. The fraction of sp³-hybridized carbons (Fsp3) is 0.630. The summed E-state index contributed by atoms with van der Waals surface area (Å²) >= 11 is 0. The zero-order valence-electron chi connectivity index (χ0n) is 21.6.